The zero-order valence-electron chi connectivity index (χ0n) is 12.8. The second kappa shape index (κ2) is 7.43. The molecule has 0 atom stereocenters. The Morgan fingerprint density at radius 2 is 1.88 bits per heavy atom. The van der Waals surface area contributed by atoms with Gasteiger partial charge in [-0.3, -0.25) is 9.10 Å². The molecule has 0 bridgehead atoms. The van der Waals surface area contributed by atoms with Gasteiger partial charge in [-0.2, -0.15) is 0 Å². The highest BCUT2D eigenvalue weighted by molar-refractivity contribution is 7.92. The van der Waals surface area contributed by atoms with Crippen molar-refractivity contribution in [2.45, 2.75) is 13.0 Å². The first-order valence-corrected chi connectivity index (χ1v) is 8.84. The summed E-state index contributed by atoms with van der Waals surface area (Å²) in [4.78, 5) is 11.8. The third-order valence-corrected chi connectivity index (χ3v) is 4.33. The lowest BCUT2D eigenvalue weighted by atomic mass is 10.2. The maximum Gasteiger partial charge on any atom is 0.232 e. The topological polar surface area (TPSA) is 79.6 Å². The molecule has 1 aromatic carbocycles. The number of nitrogens with one attached hydrogen (secondary N) is 1. The SMILES string of the molecule is CS(=O)(=O)N(CCC(=O)NCc1ccco1)c1c(F)cccc1F. The molecule has 1 amide bonds. The lowest BCUT2D eigenvalue weighted by molar-refractivity contribution is -0.121. The van der Waals surface area contributed by atoms with Crippen LogP contribution in [0.2, 0.25) is 0 Å². The fraction of sp³-hybridized carbons (Fsp3) is 0.267. The van der Waals surface area contributed by atoms with E-state index >= 15 is 0 Å². The van der Waals surface area contributed by atoms with Crippen molar-refractivity contribution in [1.29, 1.82) is 0 Å². The average Bonchev–Trinajstić information content (AvgIpc) is 3.00. The first kappa shape index (κ1) is 17.9. The van der Waals surface area contributed by atoms with Gasteiger partial charge in [0.05, 0.1) is 19.1 Å². The van der Waals surface area contributed by atoms with Crippen LogP contribution in [0.3, 0.4) is 0 Å². The number of nitrogens with zero attached hydrogens (tertiary/aromatic N) is 1. The number of rotatable bonds is 7. The van der Waals surface area contributed by atoms with E-state index in [4.69, 9.17) is 4.42 Å². The van der Waals surface area contributed by atoms with Gasteiger partial charge in [-0.1, -0.05) is 6.07 Å². The van der Waals surface area contributed by atoms with Gasteiger partial charge in [-0.25, -0.2) is 17.2 Å². The molecule has 9 heteroatoms. The molecule has 6 nitrogen and oxygen atoms in total. The van der Waals surface area contributed by atoms with Crippen molar-refractivity contribution in [3.63, 3.8) is 0 Å². The van der Waals surface area contributed by atoms with Crippen LogP contribution in [0.4, 0.5) is 14.5 Å². The summed E-state index contributed by atoms with van der Waals surface area (Å²) in [7, 11) is -3.96. The number of carbonyl (C=O) groups is 1. The molecule has 1 heterocycles. The van der Waals surface area contributed by atoms with Gasteiger partial charge in [-0.05, 0) is 24.3 Å². The van der Waals surface area contributed by atoms with E-state index in [1.165, 1.54) is 6.26 Å². The van der Waals surface area contributed by atoms with Crippen molar-refractivity contribution >= 4 is 21.6 Å². The highest BCUT2D eigenvalue weighted by atomic mass is 32.2. The number of halogens is 2. The maximum atomic E-state index is 13.8. The Kier molecular flexibility index (Phi) is 5.55. The largest absolute Gasteiger partial charge is 0.467 e. The van der Waals surface area contributed by atoms with Crippen LogP contribution < -0.4 is 9.62 Å². The molecule has 1 aromatic heterocycles. The molecule has 0 saturated heterocycles. The van der Waals surface area contributed by atoms with Crippen molar-refractivity contribution in [2.24, 2.45) is 0 Å². The Hall–Kier alpha value is -2.42. The Labute approximate surface area is 138 Å². The Balaban J connectivity index is 2.06. The van der Waals surface area contributed by atoms with E-state index in [-0.39, 0.29) is 19.5 Å². The summed E-state index contributed by atoms with van der Waals surface area (Å²) < 4.78 is 56.9. The quantitative estimate of drug-likeness (QED) is 0.821. The molecule has 2 aromatic rings. The first-order valence-electron chi connectivity index (χ1n) is 7.00. The first-order chi connectivity index (χ1) is 11.3. The van der Waals surface area contributed by atoms with Gasteiger partial charge in [0.15, 0.2) is 11.6 Å². The fourth-order valence-corrected chi connectivity index (χ4v) is 2.99. The van der Waals surface area contributed by atoms with E-state index in [9.17, 15) is 22.0 Å². The normalized spacial score (nSPS) is 11.3. The number of benzene rings is 1. The lowest BCUT2D eigenvalue weighted by Gasteiger charge is -2.23. The number of furan rings is 1. The van der Waals surface area contributed by atoms with Gasteiger partial charge in [-0.15, -0.1) is 0 Å². The molecule has 130 valence electrons. The number of hydrogen-bond donors (Lipinski definition) is 1. The monoisotopic (exact) mass is 358 g/mol. The minimum absolute atomic E-state index is 0.138. The van der Waals surface area contributed by atoms with Crippen LogP contribution in [0.15, 0.2) is 41.0 Å². The Bertz CT molecular complexity index is 787. The summed E-state index contributed by atoms with van der Waals surface area (Å²) in [6.45, 7) is -0.251. The van der Waals surface area contributed by atoms with Crippen molar-refractivity contribution in [2.75, 3.05) is 17.1 Å². The van der Waals surface area contributed by atoms with Gasteiger partial charge in [0.1, 0.15) is 11.4 Å². The molecule has 0 aliphatic rings. The average molecular weight is 358 g/mol. The van der Waals surface area contributed by atoms with Crippen molar-refractivity contribution in [3.8, 4) is 0 Å². The van der Waals surface area contributed by atoms with Crippen LogP contribution in [-0.2, 0) is 21.4 Å². The molecule has 24 heavy (non-hydrogen) atoms. The predicted molar refractivity (Wildman–Crippen MR) is 83.7 cm³/mol. The molecule has 0 aliphatic carbocycles. The summed E-state index contributed by atoms with van der Waals surface area (Å²) in [6, 6.07) is 6.36. The number of carbonyl (C=O) groups excluding carboxylic acids is 1. The van der Waals surface area contributed by atoms with E-state index in [0.29, 0.717) is 10.1 Å². The van der Waals surface area contributed by atoms with Crippen LogP contribution in [0.1, 0.15) is 12.2 Å². The number of para-hydroxylation sites is 1. The number of sulfonamides is 1. The minimum atomic E-state index is -3.96. The van der Waals surface area contributed by atoms with Crippen LogP contribution in [0.25, 0.3) is 0 Å². The van der Waals surface area contributed by atoms with Crippen LogP contribution in [-0.4, -0.2) is 27.1 Å². The van der Waals surface area contributed by atoms with Crippen LogP contribution >= 0.6 is 0 Å². The number of anilines is 1. The van der Waals surface area contributed by atoms with Crippen LogP contribution in [0.5, 0.6) is 0 Å². The fourth-order valence-electron chi connectivity index (χ4n) is 2.06. The van der Waals surface area contributed by atoms with Crippen molar-refractivity contribution < 1.29 is 26.4 Å². The van der Waals surface area contributed by atoms with Gasteiger partial charge >= 0.3 is 0 Å². The molecule has 1 N–H and O–H groups in total. The van der Waals surface area contributed by atoms with E-state index in [0.717, 1.165) is 24.5 Å². The molecular formula is C15H16F2N2O4S. The molecule has 0 fully saturated rings. The second-order valence-corrected chi connectivity index (χ2v) is 6.92. The summed E-state index contributed by atoms with van der Waals surface area (Å²) in [5.74, 6) is -1.98. The minimum Gasteiger partial charge on any atom is -0.467 e. The standard InChI is InChI=1S/C15H16F2N2O4S/c1-24(21,22)19(15-12(16)5-2-6-13(15)17)8-7-14(20)18-10-11-4-3-9-23-11/h2-6,9H,7-8,10H2,1H3,(H,18,20). The van der Waals surface area contributed by atoms with E-state index in [1.807, 2.05) is 0 Å². The summed E-state index contributed by atoms with van der Waals surface area (Å²) in [5, 5.41) is 2.53. The lowest BCUT2D eigenvalue weighted by Crippen LogP contribution is -2.35. The predicted octanol–water partition coefficient (Wildman–Crippen LogP) is 2.03. The molecule has 0 aliphatic heterocycles. The highest BCUT2D eigenvalue weighted by Crippen LogP contribution is 2.25. The van der Waals surface area contributed by atoms with E-state index in [2.05, 4.69) is 5.32 Å². The molecule has 2 rings (SSSR count). The zero-order valence-corrected chi connectivity index (χ0v) is 13.6. The van der Waals surface area contributed by atoms with E-state index < -0.39 is 33.3 Å². The van der Waals surface area contributed by atoms with Gasteiger partial charge in [0, 0.05) is 13.0 Å². The van der Waals surface area contributed by atoms with Crippen molar-refractivity contribution in [1.82, 2.24) is 5.32 Å². The Morgan fingerprint density at radius 3 is 2.42 bits per heavy atom. The van der Waals surface area contributed by atoms with E-state index in [1.54, 1.807) is 12.1 Å². The summed E-state index contributed by atoms with van der Waals surface area (Å²) >= 11 is 0. The molecule has 0 unspecified atom stereocenters. The van der Waals surface area contributed by atoms with Gasteiger partial charge < -0.3 is 9.73 Å². The van der Waals surface area contributed by atoms with Crippen molar-refractivity contribution in [3.05, 3.63) is 54.0 Å². The number of amides is 1. The summed E-state index contributed by atoms with van der Waals surface area (Å²) in [5.41, 5.74) is -0.696. The zero-order chi connectivity index (χ0) is 17.7. The third kappa shape index (κ3) is 4.54. The summed E-state index contributed by atoms with van der Waals surface area (Å²) in [6.07, 6.45) is 2.01. The molecule has 0 radical (unpaired) electrons. The third-order valence-electron chi connectivity index (χ3n) is 3.17. The maximum absolute atomic E-state index is 13.8. The molecule has 0 spiro atoms. The molecular weight excluding hydrogens is 342 g/mol. The Morgan fingerprint density at radius 1 is 1.21 bits per heavy atom. The van der Waals surface area contributed by atoms with Gasteiger partial charge in [0.25, 0.3) is 0 Å². The van der Waals surface area contributed by atoms with Gasteiger partial charge in [0.2, 0.25) is 15.9 Å². The molecule has 0 saturated carbocycles. The number of hydrogen-bond acceptors (Lipinski definition) is 4. The van der Waals surface area contributed by atoms with Crippen LogP contribution in [0, 0.1) is 11.6 Å². The second-order valence-electron chi connectivity index (χ2n) is 5.01. The highest BCUT2D eigenvalue weighted by Gasteiger charge is 2.24. The smallest absolute Gasteiger partial charge is 0.232 e.